The molecule has 0 aromatic heterocycles. The van der Waals surface area contributed by atoms with Crippen molar-refractivity contribution in [1.29, 1.82) is 0 Å². The lowest BCUT2D eigenvalue weighted by Crippen LogP contribution is -2.42. The number of benzene rings is 1. The van der Waals surface area contributed by atoms with Crippen molar-refractivity contribution in [3.63, 3.8) is 0 Å². The van der Waals surface area contributed by atoms with Gasteiger partial charge >= 0.3 is 0 Å². The summed E-state index contributed by atoms with van der Waals surface area (Å²) in [5.74, 6) is 0. The van der Waals surface area contributed by atoms with Crippen LogP contribution >= 0.6 is 11.6 Å². The minimum atomic E-state index is -0.190. The highest BCUT2D eigenvalue weighted by Crippen LogP contribution is 2.26. The van der Waals surface area contributed by atoms with E-state index in [1.807, 2.05) is 25.1 Å². The summed E-state index contributed by atoms with van der Waals surface area (Å²) in [5.41, 5.74) is 2.19. The minimum Gasteiger partial charge on any atom is -0.391 e. The highest BCUT2D eigenvalue weighted by molar-refractivity contribution is 6.30. The Hall–Kier alpha value is -0.730. The van der Waals surface area contributed by atoms with Gasteiger partial charge in [-0.15, -0.1) is 0 Å². The number of aryl methyl sites for hydroxylation is 1. The Kier molecular flexibility index (Phi) is 2.66. The van der Waals surface area contributed by atoms with Gasteiger partial charge in [0.1, 0.15) is 0 Å². The molecule has 2 N–H and O–H groups in total. The van der Waals surface area contributed by atoms with Crippen LogP contribution in [0.5, 0.6) is 0 Å². The van der Waals surface area contributed by atoms with Crippen molar-refractivity contribution in [2.75, 3.05) is 5.32 Å². The van der Waals surface area contributed by atoms with Crippen molar-refractivity contribution >= 4 is 17.3 Å². The topological polar surface area (TPSA) is 32.3 Å². The third-order valence-electron chi connectivity index (χ3n) is 2.77. The molecule has 2 nitrogen and oxygen atoms in total. The second-order valence-corrected chi connectivity index (χ2v) is 4.29. The van der Waals surface area contributed by atoms with Gasteiger partial charge in [-0.3, -0.25) is 0 Å². The monoisotopic (exact) mass is 211 g/mol. The van der Waals surface area contributed by atoms with Crippen LogP contribution in [0.15, 0.2) is 18.2 Å². The Morgan fingerprint density at radius 3 is 2.71 bits per heavy atom. The van der Waals surface area contributed by atoms with Gasteiger partial charge in [0.25, 0.3) is 0 Å². The van der Waals surface area contributed by atoms with Gasteiger partial charge in [-0.25, -0.2) is 0 Å². The van der Waals surface area contributed by atoms with Crippen molar-refractivity contribution < 1.29 is 5.11 Å². The molecular formula is C11H14ClNO. The second-order valence-electron chi connectivity index (χ2n) is 3.85. The summed E-state index contributed by atoms with van der Waals surface area (Å²) >= 11 is 5.85. The predicted octanol–water partition coefficient (Wildman–Crippen LogP) is 2.58. The van der Waals surface area contributed by atoms with Crippen molar-refractivity contribution in [2.45, 2.75) is 31.9 Å². The van der Waals surface area contributed by atoms with E-state index in [1.165, 1.54) is 0 Å². The molecule has 0 amide bonds. The number of aliphatic hydroxyl groups is 1. The quantitative estimate of drug-likeness (QED) is 0.788. The van der Waals surface area contributed by atoms with Crippen LogP contribution in [0.4, 0.5) is 5.69 Å². The fourth-order valence-electron chi connectivity index (χ4n) is 1.64. The maximum Gasteiger partial charge on any atom is 0.0741 e. The van der Waals surface area contributed by atoms with Crippen LogP contribution < -0.4 is 5.32 Å². The van der Waals surface area contributed by atoms with Gasteiger partial charge in [-0.05, 0) is 43.5 Å². The van der Waals surface area contributed by atoms with Gasteiger partial charge in [-0.2, -0.15) is 0 Å². The summed E-state index contributed by atoms with van der Waals surface area (Å²) < 4.78 is 0. The number of aliphatic hydroxyl groups excluding tert-OH is 1. The third kappa shape index (κ3) is 1.86. The second kappa shape index (κ2) is 3.79. The van der Waals surface area contributed by atoms with E-state index >= 15 is 0 Å². The number of hydrogen-bond acceptors (Lipinski definition) is 2. The molecule has 1 aliphatic carbocycles. The molecule has 14 heavy (non-hydrogen) atoms. The number of hydrogen-bond donors (Lipinski definition) is 2. The lowest BCUT2D eigenvalue weighted by atomic mass is 9.89. The highest BCUT2D eigenvalue weighted by atomic mass is 35.5. The van der Waals surface area contributed by atoms with Gasteiger partial charge < -0.3 is 10.4 Å². The molecule has 0 heterocycles. The maximum atomic E-state index is 9.43. The van der Waals surface area contributed by atoms with Gasteiger partial charge in [0.15, 0.2) is 0 Å². The zero-order valence-electron chi connectivity index (χ0n) is 8.13. The summed E-state index contributed by atoms with van der Waals surface area (Å²) in [5, 5.41) is 13.5. The van der Waals surface area contributed by atoms with Gasteiger partial charge in [0.2, 0.25) is 0 Å². The summed E-state index contributed by atoms with van der Waals surface area (Å²) in [6.45, 7) is 2.01. The average Bonchev–Trinajstić information content (AvgIpc) is 2.14. The van der Waals surface area contributed by atoms with E-state index in [9.17, 15) is 5.11 Å². The Labute approximate surface area is 88.9 Å². The first-order chi connectivity index (χ1) is 6.66. The Bertz CT molecular complexity index is 340. The first kappa shape index (κ1) is 9.81. The minimum absolute atomic E-state index is 0.190. The van der Waals surface area contributed by atoms with Crippen LogP contribution in [0.25, 0.3) is 0 Å². The Morgan fingerprint density at radius 2 is 2.21 bits per heavy atom. The molecule has 1 aromatic rings. The zero-order chi connectivity index (χ0) is 10.1. The lowest BCUT2D eigenvalue weighted by Gasteiger charge is -2.34. The van der Waals surface area contributed by atoms with Crippen molar-refractivity contribution in [3.8, 4) is 0 Å². The molecule has 0 bridgehead atoms. The number of nitrogens with one attached hydrogen (secondary N) is 1. The normalized spacial score (nSPS) is 25.6. The summed E-state index contributed by atoms with van der Waals surface area (Å²) in [6, 6.07) is 5.97. The van der Waals surface area contributed by atoms with E-state index in [4.69, 9.17) is 11.6 Å². The molecule has 76 valence electrons. The lowest BCUT2D eigenvalue weighted by molar-refractivity contribution is 0.0786. The van der Waals surface area contributed by atoms with Crippen LogP contribution in [0.1, 0.15) is 18.4 Å². The van der Waals surface area contributed by atoms with E-state index in [1.54, 1.807) is 0 Å². The van der Waals surface area contributed by atoms with Crippen LogP contribution in [-0.2, 0) is 0 Å². The number of anilines is 1. The molecule has 0 aliphatic heterocycles. The number of halogens is 1. The van der Waals surface area contributed by atoms with E-state index in [0.29, 0.717) is 0 Å². The summed E-state index contributed by atoms with van der Waals surface area (Å²) in [4.78, 5) is 0. The fourth-order valence-corrected chi connectivity index (χ4v) is 1.87. The predicted molar refractivity (Wildman–Crippen MR) is 58.8 cm³/mol. The molecule has 1 aliphatic rings. The van der Waals surface area contributed by atoms with Crippen molar-refractivity contribution in [3.05, 3.63) is 28.8 Å². The molecule has 0 saturated heterocycles. The smallest absolute Gasteiger partial charge is 0.0741 e. The first-order valence-electron chi connectivity index (χ1n) is 4.87. The average molecular weight is 212 g/mol. The molecule has 1 aromatic carbocycles. The van der Waals surface area contributed by atoms with Crippen molar-refractivity contribution in [2.24, 2.45) is 0 Å². The van der Waals surface area contributed by atoms with Gasteiger partial charge in [0.05, 0.1) is 12.1 Å². The number of rotatable bonds is 2. The first-order valence-corrected chi connectivity index (χ1v) is 5.25. The Morgan fingerprint density at radius 1 is 1.43 bits per heavy atom. The Balaban J connectivity index is 2.09. The van der Waals surface area contributed by atoms with Crippen LogP contribution in [0.2, 0.25) is 5.02 Å². The van der Waals surface area contributed by atoms with E-state index in [2.05, 4.69) is 5.32 Å². The highest BCUT2D eigenvalue weighted by Gasteiger charge is 2.28. The third-order valence-corrected chi connectivity index (χ3v) is 3.00. The molecular weight excluding hydrogens is 198 g/mol. The molecule has 1 saturated carbocycles. The largest absolute Gasteiger partial charge is 0.391 e. The summed E-state index contributed by atoms with van der Waals surface area (Å²) in [7, 11) is 0. The van der Waals surface area contributed by atoms with Crippen LogP contribution in [0.3, 0.4) is 0 Å². The molecule has 2 rings (SSSR count). The molecule has 0 spiro atoms. The van der Waals surface area contributed by atoms with Crippen LogP contribution in [0, 0.1) is 6.92 Å². The molecule has 3 heteroatoms. The van der Waals surface area contributed by atoms with E-state index in [-0.39, 0.29) is 12.1 Å². The van der Waals surface area contributed by atoms with Crippen LogP contribution in [-0.4, -0.2) is 17.3 Å². The zero-order valence-corrected chi connectivity index (χ0v) is 8.88. The SMILES string of the molecule is Cc1cc(Cl)ccc1N[C@@H]1CC[C@H]1O. The van der Waals surface area contributed by atoms with E-state index in [0.717, 1.165) is 29.1 Å². The molecule has 0 unspecified atom stereocenters. The fraction of sp³-hybridized carbons (Fsp3) is 0.455. The van der Waals surface area contributed by atoms with E-state index < -0.39 is 0 Å². The van der Waals surface area contributed by atoms with Crippen molar-refractivity contribution in [1.82, 2.24) is 0 Å². The molecule has 2 atom stereocenters. The van der Waals surface area contributed by atoms with Gasteiger partial charge in [0, 0.05) is 10.7 Å². The maximum absolute atomic E-state index is 9.43. The molecule has 0 radical (unpaired) electrons. The molecule has 1 fully saturated rings. The van der Waals surface area contributed by atoms with Gasteiger partial charge in [-0.1, -0.05) is 11.6 Å². The standard InChI is InChI=1S/C11H14ClNO/c1-7-6-8(12)2-3-9(7)13-10-4-5-11(10)14/h2-3,6,10-11,13-14H,4-5H2,1H3/t10-,11-/m1/s1. The summed E-state index contributed by atoms with van der Waals surface area (Å²) in [6.07, 6.45) is 1.76.